The Bertz CT molecular complexity index is 671. The molecular weight excluding hydrogens is 249 g/mol. The van der Waals surface area contributed by atoms with Crippen molar-refractivity contribution in [1.82, 2.24) is 0 Å². The summed E-state index contributed by atoms with van der Waals surface area (Å²) in [6, 6.07) is 9.52. The van der Waals surface area contributed by atoms with Crippen LogP contribution in [0.3, 0.4) is 0 Å². The van der Waals surface area contributed by atoms with Gasteiger partial charge in [0.2, 0.25) is 0 Å². The predicted molar refractivity (Wildman–Crippen MR) is 84.4 cm³/mol. The van der Waals surface area contributed by atoms with Gasteiger partial charge in [-0.25, -0.2) is 4.39 Å². The van der Waals surface area contributed by atoms with Crippen LogP contribution in [0.5, 0.6) is 0 Å². The fourth-order valence-electron chi connectivity index (χ4n) is 2.21. The third-order valence-corrected chi connectivity index (χ3v) is 3.72. The molecule has 2 aromatic carbocycles. The molecule has 0 saturated carbocycles. The van der Waals surface area contributed by atoms with E-state index in [-0.39, 0.29) is 5.82 Å². The second-order valence-electron chi connectivity index (χ2n) is 5.27. The molecule has 0 amide bonds. The molecule has 0 fully saturated rings. The van der Waals surface area contributed by atoms with Gasteiger partial charge in [0.1, 0.15) is 5.82 Å². The second kappa shape index (κ2) is 5.49. The summed E-state index contributed by atoms with van der Waals surface area (Å²) in [4.78, 5) is 0. The van der Waals surface area contributed by atoms with Crippen molar-refractivity contribution < 1.29 is 4.39 Å². The lowest BCUT2D eigenvalue weighted by molar-refractivity contribution is 0.617. The van der Waals surface area contributed by atoms with Crippen LogP contribution in [-0.2, 0) is 0 Å². The van der Waals surface area contributed by atoms with Crippen LogP contribution < -0.4 is 5.32 Å². The van der Waals surface area contributed by atoms with Crippen LogP contribution in [0.4, 0.5) is 10.1 Å². The molecule has 0 aliphatic carbocycles. The molecule has 2 rings (SSSR count). The SMILES string of the molecule is C=C(Nc1ccc(F)c(C)c1C)c1cc(C)ccc1C. The highest BCUT2D eigenvalue weighted by atomic mass is 19.1. The molecule has 2 aromatic rings. The van der Waals surface area contributed by atoms with Gasteiger partial charge in [0.15, 0.2) is 0 Å². The largest absolute Gasteiger partial charge is 0.355 e. The van der Waals surface area contributed by atoms with Crippen LogP contribution in [0.1, 0.15) is 27.8 Å². The van der Waals surface area contributed by atoms with Gasteiger partial charge in [0.25, 0.3) is 0 Å². The third-order valence-electron chi connectivity index (χ3n) is 3.72. The normalized spacial score (nSPS) is 10.4. The zero-order chi connectivity index (χ0) is 14.9. The van der Waals surface area contributed by atoms with Crippen molar-refractivity contribution >= 4 is 11.4 Å². The van der Waals surface area contributed by atoms with E-state index in [4.69, 9.17) is 0 Å². The highest BCUT2D eigenvalue weighted by Crippen LogP contribution is 2.26. The van der Waals surface area contributed by atoms with Crippen molar-refractivity contribution in [1.29, 1.82) is 0 Å². The quantitative estimate of drug-likeness (QED) is 0.813. The topological polar surface area (TPSA) is 12.0 Å². The summed E-state index contributed by atoms with van der Waals surface area (Å²) in [7, 11) is 0. The molecule has 0 radical (unpaired) electrons. The molecule has 0 aliphatic heterocycles. The van der Waals surface area contributed by atoms with E-state index in [1.54, 1.807) is 13.0 Å². The minimum atomic E-state index is -0.176. The second-order valence-corrected chi connectivity index (χ2v) is 5.27. The zero-order valence-electron chi connectivity index (χ0n) is 12.5. The van der Waals surface area contributed by atoms with Gasteiger partial charge in [-0.1, -0.05) is 24.3 Å². The number of halogens is 1. The van der Waals surface area contributed by atoms with E-state index in [0.29, 0.717) is 5.56 Å². The average Bonchev–Trinajstić information content (AvgIpc) is 2.42. The van der Waals surface area contributed by atoms with Crippen molar-refractivity contribution in [3.63, 3.8) is 0 Å². The van der Waals surface area contributed by atoms with Crippen molar-refractivity contribution in [2.45, 2.75) is 27.7 Å². The van der Waals surface area contributed by atoms with Crippen molar-refractivity contribution in [2.75, 3.05) is 5.32 Å². The standard InChI is InChI=1S/C18H20FN/c1-11-6-7-12(2)16(10-11)15(5)20-18-9-8-17(19)13(3)14(18)4/h6-10,20H,5H2,1-4H3. The number of benzene rings is 2. The molecule has 0 bridgehead atoms. The number of nitrogens with one attached hydrogen (secondary N) is 1. The van der Waals surface area contributed by atoms with Crippen LogP contribution in [0.2, 0.25) is 0 Å². The number of rotatable bonds is 3. The predicted octanol–water partition coefficient (Wildman–Crippen LogP) is 5.14. The third kappa shape index (κ3) is 2.74. The average molecular weight is 269 g/mol. The van der Waals surface area contributed by atoms with Gasteiger partial charge in [-0.15, -0.1) is 0 Å². The summed E-state index contributed by atoms with van der Waals surface area (Å²) in [6.07, 6.45) is 0. The van der Waals surface area contributed by atoms with Crippen molar-refractivity contribution in [3.05, 3.63) is 70.5 Å². The first kappa shape index (κ1) is 14.3. The summed E-state index contributed by atoms with van der Waals surface area (Å²) in [5, 5.41) is 3.30. The van der Waals surface area contributed by atoms with E-state index in [1.165, 1.54) is 17.2 Å². The van der Waals surface area contributed by atoms with E-state index < -0.39 is 0 Å². The monoisotopic (exact) mass is 269 g/mol. The van der Waals surface area contributed by atoms with Crippen LogP contribution in [-0.4, -0.2) is 0 Å². The molecule has 0 aliphatic rings. The Balaban J connectivity index is 2.33. The van der Waals surface area contributed by atoms with Crippen LogP contribution in [0.15, 0.2) is 36.9 Å². The lowest BCUT2D eigenvalue weighted by Crippen LogP contribution is -2.03. The van der Waals surface area contributed by atoms with Gasteiger partial charge < -0.3 is 5.32 Å². The number of aryl methyl sites for hydroxylation is 2. The Morgan fingerprint density at radius 2 is 1.70 bits per heavy atom. The maximum atomic E-state index is 13.5. The summed E-state index contributed by atoms with van der Waals surface area (Å²) in [5.74, 6) is -0.176. The minimum absolute atomic E-state index is 0.176. The Labute approximate surface area is 120 Å². The Kier molecular flexibility index (Phi) is 3.93. The maximum absolute atomic E-state index is 13.5. The minimum Gasteiger partial charge on any atom is -0.355 e. The van der Waals surface area contributed by atoms with E-state index in [0.717, 1.165) is 22.5 Å². The number of hydrogen-bond donors (Lipinski definition) is 1. The van der Waals surface area contributed by atoms with E-state index >= 15 is 0 Å². The highest BCUT2D eigenvalue weighted by molar-refractivity contribution is 5.78. The molecule has 0 aromatic heterocycles. The van der Waals surface area contributed by atoms with Crippen molar-refractivity contribution in [2.24, 2.45) is 0 Å². The summed E-state index contributed by atoms with van der Waals surface area (Å²) in [6.45, 7) is 11.9. The first-order valence-electron chi connectivity index (χ1n) is 6.69. The van der Waals surface area contributed by atoms with Crippen LogP contribution >= 0.6 is 0 Å². The molecule has 1 N–H and O–H groups in total. The van der Waals surface area contributed by atoms with Gasteiger partial charge in [-0.2, -0.15) is 0 Å². The summed E-state index contributed by atoms with van der Waals surface area (Å²) >= 11 is 0. The molecular formula is C18H20FN. The smallest absolute Gasteiger partial charge is 0.126 e. The molecule has 0 heterocycles. The highest BCUT2D eigenvalue weighted by Gasteiger charge is 2.09. The Morgan fingerprint density at radius 3 is 2.40 bits per heavy atom. The van der Waals surface area contributed by atoms with E-state index in [1.807, 2.05) is 6.92 Å². The first-order valence-corrected chi connectivity index (χ1v) is 6.69. The van der Waals surface area contributed by atoms with Crippen molar-refractivity contribution in [3.8, 4) is 0 Å². The van der Waals surface area contributed by atoms with Gasteiger partial charge >= 0.3 is 0 Å². The van der Waals surface area contributed by atoms with Gasteiger partial charge in [-0.3, -0.25) is 0 Å². The van der Waals surface area contributed by atoms with Crippen LogP contribution in [0, 0.1) is 33.5 Å². The number of anilines is 1. The lowest BCUT2D eigenvalue weighted by Gasteiger charge is -2.16. The Morgan fingerprint density at radius 1 is 1.00 bits per heavy atom. The zero-order valence-corrected chi connectivity index (χ0v) is 12.5. The Hall–Kier alpha value is -2.09. The molecule has 104 valence electrons. The van der Waals surface area contributed by atoms with Gasteiger partial charge in [0.05, 0.1) is 0 Å². The molecule has 1 nitrogen and oxygen atoms in total. The molecule has 0 unspecified atom stereocenters. The molecule has 0 atom stereocenters. The fourth-order valence-corrected chi connectivity index (χ4v) is 2.21. The lowest BCUT2D eigenvalue weighted by atomic mass is 10.0. The maximum Gasteiger partial charge on any atom is 0.126 e. The molecule has 0 spiro atoms. The van der Waals surface area contributed by atoms with E-state index in [9.17, 15) is 4.39 Å². The van der Waals surface area contributed by atoms with Crippen LogP contribution in [0.25, 0.3) is 5.70 Å². The summed E-state index contributed by atoms with van der Waals surface area (Å²) < 4.78 is 13.5. The van der Waals surface area contributed by atoms with Gasteiger partial charge in [0, 0.05) is 16.9 Å². The van der Waals surface area contributed by atoms with E-state index in [2.05, 4.69) is 43.9 Å². The fraction of sp³-hybridized carbons (Fsp3) is 0.222. The molecule has 2 heteroatoms. The molecule has 20 heavy (non-hydrogen) atoms. The first-order chi connectivity index (χ1) is 9.40. The number of hydrogen-bond acceptors (Lipinski definition) is 1. The molecule has 0 saturated heterocycles. The summed E-state index contributed by atoms with van der Waals surface area (Å²) in [5.41, 5.74) is 6.77. The van der Waals surface area contributed by atoms with Gasteiger partial charge in [-0.05, 0) is 62.6 Å².